The van der Waals surface area contributed by atoms with Crippen molar-refractivity contribution in [2.45, 2.75) is 51.7 Å². The lowest BCUT2D eigenvalue weighted by molar-refractivity contribution is -0.136. The van der Waals surface area contributed by atoms with Crippen LogP contribution in [0.4, 0.5) is 11.4 Å². The molecule has 2 rings (SSSR count). The van der Waals surface area contributed by atoms with Gasteiger partial charge in [-0.3, -0.25) is 14.5 Å². The fourth-order valence-corrected chi connectivity index (χ4v) is 2.60. The largest absolute Gasteiger partial charge is 0.372 e. The summed E-state index contributed by atoms with van der Waals surface area (Å²) in [6, 6.07) is 8.69. The zero-order valence-electron chi connectivity index (χ0n) is 15.9. The fraction of sp³-hybridized carbons (Fsp3) is 0.579. The topological polar surface area (TPSA) is 64.7 Å². The van der Waals surface area contributed by atoms with Gasteiger partial charge in [0.15, 0.2) is 0 Å². The van der Waals surface area contributed by atoms with Crippen molar-refractivity contribution in [3.63, 3.8) is 0 Å². The van der Waals surface area contributed by atoms with E-state index in [4.69, 9.17) is 0 Å². The molecular formula is C19H30N4O2. The van der Waals surface area contributed by atoms with E-state index in [1.54, 1.807) is 6.07 Å². The molecule has 25 heavy (non-hydrogen) atoms. The number of nitrogens with one attached hydrogen (secondary N) is 2. The molecule has 6 nitrogen and oxygen atoms in total. The molecule has 6 heteroatoms. The first-order valence-corrected chi connectivity index (χ1v) is 8.93. The van der Waals surface area contributed by atoms with Crippen molar-refractivity contribution in [2.75, 3.05) is 30.9 Å². The molecule has 1 saturated carbocycles. The van der Waals surface area contributed by atoms with Crippen LogP contribution in [0.3, 0.4) is 0 Å². The van der Waals surface area contributed by atoms with Gasteiger partial charge >= 0.3 is 11.8 Å². The standard InChI is InChI=1S/C19H30N4O2/c1-13(2)22(4)17-8-6-7-15(11-17)21-19(25)18(24)20-12-14(3)23(5)16-9-10-16/h6-8,11,13-14,16H,9-10,12H2,1-5H3,(H,20,24)(H,21,25). The second-order valence-corrected chi connectivity index (χ2v) is 7.16. The third-order valence-electron chi connectivity index (χ3n) is 4.87. The van der Waals surface area contributed by atoms with Crippen LogP contribution in [0.15, 0.2) is 24.3 Å². The Labute approximate surface area is 150 Å². The van der Waals surface area contributed by atoms with Gasteiger partial charge < -0.3 is 15.5 Å². The summed E-state index contributed by atoms with van der Waals surface area (Å²) >= 11 is 0. The number of hydrogen-bond acceptors (Lipinski definition) is 4. The van der Waals surface area contributed by atoms with Crippen molar-refractivity contribution < 1.29 is 9.59 Å². The van der Waals surface area contributed by atoms with Crippen molar-refractivity contribution in [1.82, 2.24) is 10.2 Å². The Hall–Kier alpha value is -2.08. The predicted molar refractivity (Wildman–Crippen MR) is 102 cm³/mol. The van der Waals surface area contributed by atoms with Crippen molar-refractivity contribution >= 4 is 23.2 Å². The lowest BCUT2D eigenvalue weighted by Crippen LogP contribution is -2.44. The Morgan fingerprint density at radius 2 is 1.84 bits per heavy atom. The highest BCUT2D eigenvalue weighted by molar-refractivity contribution is 6.39. The van der Waals surface area contributed by atoms with Gasteiger partial charge in [0.25, 0.3) is 0 Å². The van der Waals surface area contributed by atoms with E-state index in [1.807, 2.05) is 25.2 Å². The first-order chi connectivity index (χ1) is 11.8. The zero-order chi connectivity index (χ0) is 18.6. The number of hydrogen-bond donors (Lipinski definition) is 2. The molecule has 2 amide bonds. The second-order valence-electron chi connectivity index (χ2n) is 7.16. The van der Waals surface area contributed by atoms with Crippen LogP contribution in [-0.2, 0) is 9.59 Å². The minimum absolute atomic E-state index is 0.215. The fourth-order valence-electron chi connectivity index (χ4n) is 2.60. The van der Waals surface area contributed by atoms with Gasteiger partial charge in [-0.15, -0.1) is 0 Å². The average Bonchev–Trinajstić information content (AvgIpc) is 3.43. The first-order valence-electron chi connectivity index (χ1n) is 8.93. The minimum atomic E-state index is -0.634. The molecule has 1 fully saturated rings. The molecular weight excluding hydrogens is 316 g/mol. The van der Waals surface area contributed by atoms with E-state index in [9.17, 15) is 9.59 Å². The average molecular weight is 346 g/mol. The molecule has 0 radical (unpaired) electrons. The van der Waals surface area contributed by atoms with Gasteiger partial charge in [-0.2, -0.15) is 0 Å². The maximum Gasteiger partial charge on any atom is 0.313 e. The van der Waals surface area contributed by atoms with Gasteiger partial charge in [-0.1, -0.05) is 6.07 Å². The predicted octanol–water partition coefficient (Wildman–Crippen LogP) is 2.07. The highest BCUT2D eigenvalue weighted by Crippen LogP contribution is 2.26. The van der Waals surface area contributed by atoms with Gasteiger partial charge in [0.2, 0.25) is 0 Å². The highest BCUT2D eigenvalue weighted by atomic mass is 16.2. The van der Waals surface area contributed by atoms with E-state index < -0.39 is 11.8 Å². The van der Waals surface area contributed by atoms with Crippen LogP contribution in [0.1, 0.15) is 33.6 Å². The normalized spacial score (nSPS) is 15.2. The molecule has 1 aliphatic carbocycles. The molecule has 0 bridgehead atoms. The maximum absolute atomic E-state index is 12.1. The molecule has 0 spiro atoms. The molecule has 0 saturated heterocycles. The smallest absolute Gasteiger partial charge is 0.313 e. The molecule has 1 aromatic rings. The van der Waals surface area contributed by atoms with Gasteiger partial charge in [-0.05, 0) is 58.9 Å². The summed E-state index contributed by atoms with van der Waals surface area (Å²) in [5, 5.41) is 5.39. The van der Waals surface area contributed by atoms with Crippen LogP contribution in [0.2, 0.25) is 0 Å². The van der Waals surface area contributed by atoms with E-state index >= 15 is 0 Å². The third-order valence-corrected chi connectivity index (χ3v) is 4.87. The summed E-state index contributed by atoms with van der Waals surface area (Å²) in [4.78, 5) is 28.5. The number of amides is 2. The van der Waals surface area contributed by atoms with Crippen molar-refractivity contribution in [3.05, 3.63) is 24.3 Å². The number of likely N-dealkylation sites (N-methyl/N-ethyl adjacent to an activating group) is 1. The van der Waals surface area contributed by atoms with Gasteiger partial charge in [0, 0.05) is 43.1 Å². The molecule has 138 valence electrons. The van der Waals surface area contributed by atoms with Gasteiger partial charge in [0.05, 0.1) is 0 Å². The Morgan fingerprint density at radius 3 is 2.44 bits per heavy atom. The molecule has 0 heterocycles. The molecule has 1 aromatic carbocycles. The van der Waals surface area contributed by atoms with E-state index in [0.29, 0.717) is 24.3 Å². The summed E-state index contributed by atoms with van der Waals surface area (Å²) in [7, 11) is 4.06. The summed E-state index contributed by atoms with van der Waals surface area (Å²) in [5.74, 6) is -1.23. The number of carbonyl (C=O) groups excluding carboxylic acids is 2. The zero-order valence-corrected chi connectivity index (χ0v) is 15.9. The number of anilines is 2. The summed E-state index contributed by atoms with van der Waals surface area (Å²) in [6.45, 7) is 6.72. The molecule has 2 N–H and O–H groups in total. The highest BCUT2D eigenvalue weighted by Gasteiger charge is 2.29. The van der Waals surface area contributed by atoms with Gasteiger partial charge in [0.1, 0.15) is 0 Å². The SMILES string of the molecule is CC(C)N(C)c1cccc(NC(=O)C(=O)NCC(C)N(C)C2CC2)c1. The number of carbonyl (C=O) groups is 2. The summed E-state index contributed by atoms with van der Waals surface area (Å²) in [6.07, 6.45) is 2.44. The second kappa shape index (κ2) is 8.34. The summed E-state index contributed by atoms with van der Waals surface area (Å²) in [5.41, 5.74) is 1.61. The number of benzene rings is 1. The lowest BCUT2D eigenvalue weighted by Gasteiger charge is -2.24. The van der Waals surface area contributed by atoms with Crippen molar-refractivity contribution in [3.8, 4) is 0 Å². The molecule has 1 unspecified atom stereocenters. The monoisotopic (exact) mass is 346 g/mol. The Kier molecular flexibility index (Phi) is 6.42. The quantitative estimate of drug-likeness (QED) is 0.742. The lowest BCUT2D eigenvalue weighted by atomic mass is 10.2. The van der Waals surface area contributed by atoms with Crippen LogP contribution in [0, 0.1) is 0 Å². The number of rotatable bonds is 7. The third kappa shape index (κ3) is 5.46. The van der Waals surface area contributed by atoms with E-state index in [1.165, 1.54) is 12.8 Å². The Morgan fingerprint density at radius 1 is 1.16 bits per heavy atom. The van der Waals surface area contributed by atoms with Crippen LogP contribution in [-0.4, -0.2) is 55.5 Å². The van der Waals surface area contributed by atoms with Crippen LogP contribution < -0.4 is 15.5 Å². The van der Waals surface area contributed by atoms with Gasteiger partial charge in [-0.25, -0.2) is 0 Å². The maximum atomic E-state index is 12.1. The van der Waals surface area contributed by atoms with Crippen molar-refractivity contribution in [1.29, 1.82) is 0 Å². The summed E-state index contributed by atoms with van der Waals surface area (Å²) < 4.78 is 0. The molecule has 0 aliphatic heterocycles. The Balaban J connectivity index is 1.86. The van der Waals surface area contributed by atoms with E-state index in [-0.39, 0.29) is 6.04 Å². The van der Waals surface area contributed by atoms with Crippen molar-refractivity contribution in [2.24, 2.45) is 0 Å². The molecule has 1 aliphatic rings. The minimum Gasteiger partial charge on any atom is -0.372 e. The van der Waals surface area contributed by atoms with Crippen LogP contribution in [0.5, 0.6) is 0 Å². The first kappa shape index (κ1) is 19.2. The van der Waals surface area contributed by atoms with E-state index in [0.717, 1.165) is 5.69 Å². The van der Waals surface area contributed by atoms with Crippen LogP contribution in [0.25, 0.3) is 0 Å². The van der Waals surface area contributed by atoms with Crippen LogP contribution >= 0.6 is 0 Å². The molecule has 0 aromatic heterocycles. The Bertz CT molecular complexity index is 613. The van der Waals surface area contributed by atoms with E-state index in [2.05, 4.69) is 48.3 Å². The molecule has 1 atom stereocenters. The number of nitrogens with zero attached hydrogens (tertiary/aromatic N) is 2.